The summed E-state index contributed by atoms with van der Waals surface area (Å²) in [6.07, 6.45) is 1.17. The summed E-state index contributed by atoms with van der Waals surface area (Å²) in [5.41, 5.74) is 0. The number of carbonyl (C=O) groups excluding carboxylic acids is 2. The Balaban J connectivity index is 4.47. The van der Waals surface area contributed by atoms with Crippen LogP contribution in [0.25, 0.3) is 0 Å². The van der Waals surface area contributed by atoms with Gasteiger partial charge < -0.3 is 9.69 Å². The van der Waals surface area contributed by atoms with Gasteiger partial charge in [-0.2, -0.15) is 0 Å². The van der Waals surface area contributed by atoms with Gasteiger partial charge in [0.2, 0.25) is 5.91 Å². The molecule has 88 valence electrons. The zero-order valence-corrected chi connectivity index (χ0v) is 10.5. The van der Waals surface area contributed by atoms with Crippen LogP contribution in [0.5, 0.6) is 0 Å². The van der Waals surface area contributed by atoms with E-state index in [2.05, 4.69) is 13.8 Å². The highest BCUT2D eigenvalue weighted by Crippen LogP contribution is 2.18. The quantitative estimate of drug-likeness (QED) is 0.677. The van der Waals surface area contributed by atoms with Crippen molar-refractivity contribution in [3.8, 4) is 0 Å². The fourth-order valence-corrected chi connectivity index (χ4v) is 1.65. The molecule has 0 aliphatic rings. The van der Waals surface area contributed by atoms with Crippen molar-refractivity contribution in [1.82, 2.24) is 4.90 Å². The highest BCUT2D eigenvalue weighted by atomic mass is 16.2. The maximum absolute atomic E-state index is 11.9. The van der Waals surface area contributed by atoms with E-state index >= 15 is 0 Å². The number of hydrogen-bond donors (Lipinski definition) is 0. The Morgan fingerprint density at radius 1 is 1.27 bits per heavy atom. The number of rotatable bonds is 6. The normalized spacial score (nSPS) is 12.7. The molecule has 3 heteroatoms. The van der Waals surface area contributed by atoms with Crippen molar-refractivity contribution < 1.29 is 9.59 Å². The lowest BCUT2D eigenvalue weighted by molar-refractivity contribution is -0.137. The first kappa shape index (κ1) is 14.1. The van der Waals surface area contributed by atoms with Crippen LogP contribution in [-0.2, 0) is 9.59 Å². The maximum Gasteiger partial charge on any atom is 0.225 e. The number of amides is 1. The first-order valence-electron chi connectivity index (χ1n) is 5.62. The van der Waals surface area contributed by atoms with E-state index in [0.717, 1.165) is 6.42 Å². The van der Waals surface area contributed by atoms with E-state index in [1.165, 1.54) is 0 Å². The van der Waals surface area contributed by atoms with Gasteiger partial charge in [0.15, 0.2) is 0 Å². The largest absolute Gasteiger partial charge is 0.346 e. The molecule has 0 unspecified atom stereocenters. The smallest absolute Gasteiger partial charge is 0.225 e. The standard InChI is InChI=1S/C12H23NO2/c1-6-13(5)12(15)11(7-9(2)3)8-10(4)14/h9,11H,6-8H2,1-5H3/t11-/m1/s1. The van der Waals surface area contributed by atoms with Gasteiger partial charge in [0.1, 0.15) is 5.78 Å². The van der Waals surface area contributed by atoms with Crippen molar-refractivity contribution in [2.75, 3.05) is 13.6 Å². The van der Waals surface area contributed by atoms with Crippen LogP contribution in [0.3, 0.4) is 0 Å². The highest BCUT2D eigenvalue weighted by Gasteiger charge is 2.23. The SMILES string of the molecule is CCN(C)C(=O)[C@@H](CC(C)=O)CC(C)C. The minimum absolute atomic E-state index is 0.0958. The minimum Gasteiger partial charge on any atom is -0.346 e. The Bertz CT molecular complexity index is 224. The van der Waals surface area contributed by atoms with Gasteiger partial charge in [-0.3, -0.25) is 4.79 Å². The second kappa shape index (κ2) is 6.59. The summed E-state index contributed by atoms with van der Waals surface area (Å²) in [5.74, 6) is 0.510. The molecular weight excluding hydrogens is 190 g/mol. The van der Waals surface area contributed by atoms with Gasteiger partial charge in [-0.15, -0.1) is 0 Å². The average molecular weight is 213 g/mol. The van der Waals surface area contributed by atoms with E-state index in [1.54, 1.807) is 18.9 Å². The summed E-state index contributed by atoms with van der Waals surface area (Å²) in [6, 6.07) is 0. The number of nitrogens with zero attached hydrogens (tertiary/aromatic N) is 1. The fraction of sp³-hybridized carbons (Fsp3) is 0.833. The predicted octanol–water partition coefficient (Wildman–Crippen LogP) is 2.11. The highest BCUT2D eigenvalue weighted by molar-refractivity contribution is 5.85. The van der Waals surface area contributed by atoms with Crippen LogP contribution in [0, 0.1) is 11.8 Å². The molecule has 0 rings (SSSR count). The first-order valence-corrected chi connectivity index (χ1v) is 5.62. The van der Waals surface area contributed by atoms with Crippen LogP contribution < -0.4 is 0 Å². The fourth-order valence-electron chi connectivity index (χ4n) is 1.65. The van der Waals surface area contributed by atoms with Crippen LogP contribution in [0.4, 0.5) is 0 Å². The molecule has 0 radical (unpaired) electrons. The molecule has 1 atom stereocenters. The molecule has 0 saturated carbocycles. The van der Waals surface area contributed by atoms with Crippen LogP contribution in [0.1, 0.15) is 40.5 Å². The first-order chi connectivity index (χ1) is 6.88. The molecule has 0 N–H and O–H groups in total. The summed E-state index contributed by atoms with van der Waals surface area (Å²) in [4.78, 5) is 24.7. The van der Waals surface area contributed by atoms with Gasteiger partial charge in [-0.05, 0) is 26.2 Å². The van der Waals surface area contributed by atoms with E-state index in [0.29, 0.717) is 18.9 Å². The van der Waals surface area contributed by atoms with Crippen LogP contribution in [-0.4, -0.2) is 30.2 Å². The zero-order valence-electron chi connectivity index (χ0n) is 10.5. The van der Waals surface area contributed by atoms with Gasteiger partial charge >= 0.3 is 0 Å². The van der Waals surface area contributed by atoms with Crippen molar-refractivity contribution >= 4 is 11.7 Å². The van der Waals surface area contributed by atoms with Gasteiger partial charge in [-0.1, -0.05) is 13.8 Å². The van der Waals surface area contributed by atoms with Crippen LogP contribution in [0.15, 0.2) is 0 Å². The number of ketones is 1. The third kappa shape index (κ3) is 5.55. The maximum atomic E-state index is 11.9. The molecule has 0 aliphatic carbocycles. The van der Waals surface area contributed by atoms with E-state index in [1.807, 2.05) is 6.92 Å². The molecule has 15 heavy (non-hydrogen) atoms. The number of Topliss-reactive ketones (excluding diaryl/α,β-unsaturated/α-hetero) is 1. The summed E-state index contributed by atoms with van der Waals surface area (Å²) in [6.45, 7) is 8.34. The van der Waals surface area contributed by atoms with Gasteiger partial charge in [-0.25, -0.2) is 0 Å². The molecule has 0 aromatic carbocycles. The summed E-state index contributed by atoms with van der Waals surface area (Å²) in [7, 11) is 1.79. The second-order valence-corrected chi connectivity index (χ2v) is 4.59. The lowest BCUT2D eigenvalue weighted by atomic mass is 9.91. The lowest BCUT2D eigenvalue weighted by Gasteiger charge is -2.23. The Labute approximate surface area is 92.8 Å². The monoisotopic (exact) mass is 213 g/mol. The van der Waals surface area contributed by atoms with Gasteiger partial charge in [0.25, 0.3) is 0 Å². The van der Waals surface area contributed by atoms with Crippen molar-refractivity contribution in [1.29, 1.82) is 0 Å². The van der Waals surface area contributed by atoms with Gasteiger partial charge in [0.05, 0.1) is 0 Å². The van der Waals surface area contributed by atoms with E-state index in [9.17, 15) is 9.59 Å². The van der Waals surface area contributed by atoms with E-state index < -0.39 is 0 Å². The molecule has 0 heterocycles. The second-order valence-electron chi connectivity index (χ2n) is 4.59. The number of hydrogen-bond acceptors (Lipinski definition) is 2. The third-order valence-corrected chi connectivity index (χ3v) is 2.49. The predicted molar refractivity (Wildman–Crippen MR) is 61.6 cm³/mol. The molecular formula is C12H23NO2. The molecule has 1 amide bonds. The van der Waals surface area contributed by atoms with Crippen LogP contribution in [0.2, 0.25) is 0 Å². The minimum atomic E-state index is -0.132. The molecule has 3 nitrogen and oxygen atoms in total. The van der Waals surface area contributed by atoms with Crippen molar-refractivity contribution in [3.05, 3.63) is 0 Å². The van der Waals surface area contributed by atoms with Crippen molar-refractivity contribution in [3.63, 3.8) is 0 Å². The number of carbonyl (C=O) groups is 2. The Morgan fingerprint density at radius 2 is 1.80 bits per heavy atom. The molecule has 0 aliphatic heterocycles. The third-order valence-electron chi connectivity index (χ3n) is 2.49. The zero-order chi connectivity index (χ0) is 12.0. The van der Waals surface area contributed by atoms with Crippen LogP contribution >= 0.6 is 0 Å². The molecule has 0 aromatic rings. The average Bonchev–Trinajstić information content (AvgIpc) is 2.13. The summed E-state index contributed by atoms with van der Waals surface area (Å²) in [5, 5.41) is 0. The lowest BCUT2D eigenvalue weighted by Crippen LogP contribution is -2.34. The molecule has 0 aromatic heterocycles. The van der Waals surface area contributed by atoms with Crippen molar-refractivity contribution in [2.45, 2.75) is 40.5 Å². The summed E-state index contributed by atoms with van der Waals surface area (Å²) < 4.78 is 0. The Hall–Kier alpha value is -0.860. The molecule has 0 fully saturated rings. The topological polar surface area (TPSA) is 37.4 Å². The van der Waals surface area contributed by atoms with Gasteiger partial charge in [0, 0.05) is 25.9 Å². The summed E-state index contributed by atoms with van der Waals surface area (Å²) >= 11 is 0. The Kier molecular flexibility index (Phi) is 6.21. The Morgan fingerprint density at radius 3 is 2.13 bits per heavy atom. The molecule has 0 bridgehead atoms. The molecule has 0 spiro atoms. The van der Waals surface area contributed by atoms with E-state index in [4.69, 9.17) is 0 Å². The molecule has 0 saturated heterocycles. The van der Waals surface area contributed by atoms with Crippen molar-refractivity contribution in [2.24, 2.45) is 11.8 Å². The van der Waals surface area contributed by atoms with E-state index in [-0.39, 0.29) is 17.6 Å².